The molecule has 5 nitrogen and oxygen atoms in total. The average Bonchev–Trinajstić information content (AvgIpc) is 3.12. The van der Waals surface area contributed by atoms with Crippen LogP contribution >= 0.6 is 0 Å². The average molecular weight is 222 g/mol. The van der Waals surface area contributed by atoms with E-state index in [2.05, 4.69) is 15.4 Å². The highest BCUT2D eigenvalue weighted by molar-refractivity contribution is 5.36. The molecule has 5 heteroatoms. The molecule has 1 aromatic heterocycles. The van der Waals surface area contributed by atoms with E-state index in [-0.39, 0.29) is 6.10 Å². The van der Waals surface area contributed by atoms with Crippen molar-refractivity contribution < 1.29 is 4.74 Å². The van der Waals surface area contributed by atoms with Gasteiger partial charge in [0.2, 0.25) is 0 Å². The number of anilines is 1. The monoisotopic (exact) mass is 222 g/mol. The van der Waals surface area contributed by atoms with Crippen LogP contribution in [-0.2, 0) is 11.2 Å². The molecular formula is C11H18N4O. The van der Waals surface area contributed by atoms with Gasteiger partial charge in [0.1, 0.15) is 11.6 Å². The standard InChI is InChI=1S/C11H18N4O/c1-7(16-2)5-10-13-9(8-3-4-8)6-11(14-10)15-12/h6-8H,3-5,12H2,1-2H3,(H,13,14,15). The molecular weight excluding hydrogens is 204 g/mol. The molecule has 0 aliphatic heterocycles. The van der Waals surface area contributed by atoms with E-state index in [4.69, 9.17) is 10.6 Å². The lowest BCUT2D eigenvalue weighted by Gasteiger charge is -2.10. The SMILES string of the molecule is COC(C)Cc1nc(NN)cc(C2CC2)n1. The van der Waals surface area contributed by atoms with E-state index < -0.39 is 0 Å². The normalized spacial score (nSPS) is 17.2. The summed E-state index contributed by atoms with van der Waals surface area (Å²) in [5, 5.41) is 0. The van der Waals surface area contributed by atoms with E-state index in [1.165, 1.54) is 12.8 Å². The zero-order valence-electron chi connectivity index (χ0n) is 9.73. The number of nitrogen functional groups attached to an aromatic ring is 1. The number of rotatable bonds is 5. The van der Waals surface area contributed by atoms with Gasteiger partial charge in [-0.2, -0.15) is 0 Å². The topological polar surface area (TPSA) is 73.1 Å². The number of nitrogens with one attached hydrogen (secondary N) is 1. The van der Waals surface area contributed by atoms with E-state index in [9.17, 15) is 0 Å². The van der Waals surface area contributed by atoms with E-state index in [0.717, 1.165) is 11.5 Å². The van der Waals surface area contributed by atoms with Crippen LogP contribution in [0.4, 0.5) is 5.82 Å². The molecule has 1 aliphatic carbocycles. The first-order chi connectivity index (χ1) is 7.72. The number of nitrogens with two attached hydrogens (primary N) is 1. The fourth-order valence-corrected chi connectivity index (χ4v) is 1.61. The lowest BCUT2D eigenvalue weighted by atomic mass is 10.2. The molecule has 1 aliphatic rings. The molecule has 88 valence electrons. The van der Waals surface area contributed by atoms with E-state index in [1.807, 2.05) is 13.0 Å². The summed E-state index contributed by atoms with van der Waals surface area (Å²) in [5.74, 6) is 7.49. The molecule has 0 radical (unpaired) electrons. The van der Waals surface area contributed by atoms with Gasteiger partial charge < -0.3 is 10.2 Å². The van der Waals surface area contributed by atoms with Crippen LogP contribution < -0.4 is 11.3 Å². The summed E-state index contributed by atoms with van der Waals surface area (Å²) in [4.78, 5) is 8.87. The summed E-state index contributed by atoms with van der Waals surface area (Å²) in [7, 11) is 1.69. The maximum absolute atomic E-state index is 5.40. The molecule has 0 spiro atoms. The summed E-state index contributed by atoms with van der Waals surface area (Å²) in [6.07, 6.45) is 3.28. The molecule has 1 atom stereocenters. The van der Waals surface area contributed by atoms with Crippen LogP contribution in [0.1, 0.15) is 37.2 Å². The van der Waals surface area contributed by atoms with Crippen molar-refractivity contribution in [3.05, 3.63) is 17.6 Å². The van der Waals surface area contributed by atoms with Crippen LogP contribution in [0.2, 0.25) is 0 Å². The molecule has 0 bridgehead atoms. The highest BCUT2D eigenvalue weighted by Gasteiger charge is 2.26. The lowest BCUT2D eigenvalue weighted by Crippen LogP contribution is -2.15. The second-order valence-corrected chi connectivity index (χ2v) is 4.26. The lowest BCUT2D eigenvalue weighted by molar-refractivity contribution is 0.117. The van der Waals surface area contributed by atoms with Crippen LogP contribution in [0, 0.1) is 0 Å². The number of hydrogen-bond donors (Lipinski definition) is 2. The Kier molecular flexibility index (Phi) is 3.36. The van der Waals surface area contributed by atoms with Gasteiger partial charge in [-0.05, 0) is 19.8 Å². The van der Waals surface area contributed by atoms with Crippen LogP contribution in [0.15, 0.2) is 6.07 Å². The van der Waals surface area contributed by atoms with Crippen LogP contribution in [0.25, 0.3) is 0 Å². The van der Waals surface area contributed by atoms with Crippen molar-refractivity contribution in [1.29, 1.82) is 0 Å². The molecule has 0 saturated heterocycles. The van der Waals surface area contributed by atoms with E-state index in [1.54, 1.807) is 7.11 Å². The van der Waals surface area contributed by atoms with Crippen molar-refractivity contribution in [3.8, 4) is 0 Å². The van der Waals surface area contributed by atoms with Crippen LogP contribution in [0.3, 0.4) is 0 Å². The number of hydrogen-bond acceptors (Lipinski definition) is 5. The maximum atomic E-state index is 5.40. The predicted molar refractivity (Wildman–Crippen MR) is 62.0 cm³/mol. The highest BCUT2D eigenvalue weighted by atomic mass is 16.5. The third-order valence-electron chi connectivity index (χ3n) is 2.81. The van der Waals surface area contributed by atoms with Crippen LogP contribution in [0.5, 0.6) is 0 Å². The molecule has 1 heterocycles. The molecule has 1 saturated carbocycles. The van der Waals surface area contributed by atoms with Gasteiger partial charge in [0, 0.05) is 31.2 Å². The Hall–Kier alpha value is -1.20. The number of aromatic nitrogens is 2. The maximum Gasteiger partial charge on any atom is 0.143 e. The van der Waals surface area contributed by atoms with Gasteiger partial charge in [-0.3, -0.25) is 0 Å². The zero-order chi connectivity index (χ0) is 11.5. The van der Waals surface area contributed by atoms with Crippen molar-refractivity contribution in [1.82, 2.24) is 9.97 Å². The van der Waals surface area contributed by atoms with Crippen molar-refractivity contribution >= 4 is 5.82 Å². The number of methoxy groups -OCH3 is 1. The minimum atomic E-state index is 0.125. The minimum absolute atomic E-state index is 0.125. The Morgan fingerprint density at radius 3 is 2.88 bits per heavy atom. The first kappa shape index (κ1) is 11.3. The molecule has 3 N–H and O–H groups in total. The zero-order valence-corrected chi connectivity index (χ0v) is 9.73. The fourth-order valence-electron chi connectivity index (χ4n) is 1.61. The van der Waals surface area contributed by atoms with E-state index >= 15 is 0 Å². The van der Waals surface area contributed by atoms with Gasteiger partial charge in [-0.15, -0.1) is 0 Å². The fraction of sp³-hybridized carbons (Fsp3) is 0.636. The third kappa shape index (κ3) is 2.68. The Balaban J connectivity index is 2.18. The third-order valence-corrected chi connectivity index (χ3v) is 2.81. The van der Waals surface area contributed by atoms with Gasteiger partial charge in [0.15, 0.2) is 0 Å². The molecule has 1 fully saturated rings. The Labute approximate surface area is 95.4 Å². The van der Waals surface area contributed by atoms with Crippen molar-refractivity contribution in [3.63, 3.8) is 0 Å². The highest BCUT2D eigenvalue weighted by Crippen LogP contribution is 2.39. The smallest absolute Gasteiger partial charge is 0.143 e. The summed E-state index contributed by atoms with van der Waals surface area (Å²) in [5.41, 5.74) is 3.69. The first-order valence-electron chi connectivity index (χ1n) is 5.60. The quantitative estimate of drug-likeness (QED) is 0.579. The van der Waals surface area contributed by atoms with Crippen LogP contribution in [-0.4, -0.2) is 23.2 Å². The summed E-state index contributed by atoms with van der Waals surface area (Å²) in [6.45, 7) is 2.00. The van der Waals surface area contributed by atoms with Crippen molar-refractivity contribution in [2.45, 2.75) is 38.2 Å². The number of ether oxygens (including phenoxy) is 1. The van der Waals surface area contributed by atoms with Gasteiger partial charge in [-0.25, -0.2) is 15.8 Å². The van der Waals surface area contributed by atoms with Gasteiger partial charge in [0.25, 0.3) is 0 Å². The Morgan fingerprint density at radius 1 is 1.56 bits per heavy atom. The van der Waals surface area contributed by atoms with Crippen molar-refractivity contribution in [2.75, 3.05) is 12.5 Å². The summed E-state index contributed by atoms with van der Waals surface area (Å²) in [6, 6.07) is 1.93. The van der Waals surface area contributed by atoms with Gasteiger partial charge >= 0.3 is 0 Å². The second kappa shape index (κ2) is 4.76. The minimum Gasteiger partial charge on any atom is -0.381 e. The predicted octanol–water partition coefficient (Wildman–Crippen LogP) is 1.22. The van der Waals surface area contributed by atoms with Gasteiger partial charge in [-0.1, -0.05) is 0 Å². The molecule has 1 aromatic rings. The number of nitrogens with zero attached hydrogens (tertiary/aromatic N) is 2. The molecule has 0 aromatic carbocycles. The molecule has 0 amide bonds. The molecule has 1 unspecified atom stereocenters. The molecule has 16 heavy (non-hydrogen) atoms. The van der Waals surface area contributed by atoms with Crippen molar-refractivity contribution in [2.24, 2.45) is 5.84 Å². The largest absolute Gasteiger partial charge is 0.381 e. The molecule has 2 rings (SSSR count). The number of hydrazine groups is 1. The Morgan fingerprint density at radius 2 is 2.31 bits per heavy atom. The second-order valence-electron chi connectivity index (χ2n) is 4.26. The summed E-state index contributed by atoms with van der Waals surface area (Å²) >= 11 is 0. The van der Waals surface area contributed by atoms with Gasteiger partial charge in [0.05, 0.1) is 6.10 Å². The van der Waals surface area contributed by atoms with E-state index in [0.29, 0.717) is 18.2 Å². The summed E-state index contributed by atoms with van der Waals surface area (Å²) < 4.78 is 5.21. The first-order valence-corrected chi connectivity index (χ1v) is 5.60. The Bertz CT molecular complexity index is 365.